The Labute approximate surface area is 276 Å². The Kier molecular flexibility index (Phi) is 7.46. The predicted octanol–water partition coefficient (Wildman–Crippen LogP) is 0.976. The summed E-state index contributed by atoms with van der Waals surface area (Å²) in [4.78, 5) is 45.4. The van der Waals surface area contributed by atoms with Crippen LogP contribution in [0.15, 0.2) is 19.0 Å². The summed E-state index contributed by atoms with van der Waals surface area (Å²) in [6.07, 6.45) is -3.86. The molecule has 26 heteroatoms. The van der Waals surface area contributed by atoms with Crippen molar-refractivity contribution in [3.63, 3.8) is 0 Å². The molecule has 2 bridgehead atoms. The first kappa shape index (κ1) is 33.2. The first-order valence-electron chi connectivity index (χ1n) is 14.3. The molecule has 0 aromatic carbocycles. The van der Waals surface area contributed by atoms with Crippen molar-refractivity contribution in [2.75, 3.05) is 24.7 Å². The maximum Gasteiger partial charge on any atom is 0.472 e. The lowest BCUT2D eigenvalue weighted by Crippen LogP contribution is -2.37. The molecule has 1 saturated carbocycles. The van der Waals surface area contributed by atoms with E-state index < -0.39 is 89.7 Å². The second-order valence-electron chi connectivity index (χ2n) is 11.6. The van der Waals surface area contributed by atoms with Gasteiger partial charge in [-0.1, -0.05) is 6.42 Å². The second-order valence-corrected chi connectivity index (χ2v) is 14.4. The molecule has 3 aliphatic heterocycles. The van der Waals surface area contributed by atoms with Crippen molar-refractivity contribution in [3.05, 3.63) is 19.0 Å². The maximum absolute atomic E-state index is 16.2. The van der Waals surface area contributed by atoms with Crippen molar-refractivity contribution < 1.29 is 64.4 Å². The van der Waals surface area contributed by atoms with E-state index in [1.165, 1.54) is 0 Å². The van der Waals surface area contributed by atoms with Crippen LogP contribution in [0.3, 0.4) is 0 Å². The first-order chi connectivity index (χ1) is 23.6. The fourth-order valence-electron chi connectivity index (χ4n) is 6.47. The van der Waals surface area contributed by atoms with E-state index in [2.05, 4.69) is 29.9 Å². The van der Waals surface area contributed by atoms with Gasteiger partial charge in [0, 0.05) is 6.42 Å². The first-order valence-corrected chi connectivity index (χ1v) is 17.3. The molecule has 0 amide bonds. The molecule has 10 atom stereocenters. The topological polar surface area (TPSA) is 278 Å². The maximum atomic E-state index is 16.2. The van der Waals surface area contributed by atoms with Crippen molar-refractivity contribution in [2.24, 2.45) is 5.41 Å². The smallest absolute Gasteiger partial charge is 0.385 e. The minimum atomic E-state index is -5.37. The molecule has 4 aromatic heterocycles. The molecule has 21 nitrogen and oxygen atoms in total. The Morgan fingerprint density at radius 2 is 1.64 bits per heavy atom. The van der Waals surface area contributed by atoms with E-state index in [0.29, 0.717) is 0 Å². The Balaban J connectivity index is 1.14. The van der Waals surface area contributed by atoms with Crippen LogP contribution in [0.2, 0.25) is 0 Å². The Bertz CT molecular complexity index is 2170. The van der Waals surface area contributed by atoms with Gasteiger partial charge in [0.2, 0.25) is 5.95 Å². The third-order valence-corrected chi connectivity index (χ3v) is 10.7. The number of hydrogen-bond donors (Lipinski definition) is 4. The normalized spacial score (nSPS) is 38.3. The number of terminal acetylenes is 1. The van der Waals surface area contributed by atoms with Crippen LogP contribution in [-0.4, -0.2) is 98.5 Å². The zero-order chi connectivity index (χ0) is 35.4. The van der Waals surface area contributed by atoms with Gasteiger partial charge in [-0.05, 0) is 0 Å². The molecule has 4 aliphatic rings. The second kappa shape index (κ2) is 11.2. The number of phosphoric ester groups is 2. The fourth-order valence-corrected chi connectivity index (χ4v) is 8.39. The standard InChI is InChI=1S/C24H23F3N10O11P2/c1-2-42-19-13-18(34-22(29)35-19)37(8-33-13)20-11(25)14-9(45-20)3-43-50(40,41)48-15-21(36-7-32-12-16(28)30-6-31-17(12)36)46-10(4-44-49(38,39)47-14)23(15)5-24(23,26)27/h1,6-11,14-15,20-21H,3-5H2,(H,38,39)(H,40,41)(H2,28,30,31)(H2,29,34,35)/t9-,10-,11-,14-,15+,20-,21-,23+/m1/s1. The van der Waals surface area contributed by atoms with Gasteiger partial charge in [-0.15, -0.1) is 0 Å². The van der Waals surface area contributed by atoms with Crippen LogP contribution in [0, 0.1) is 17.9 Å². The summed E-state index contributed by atoms with van der Waals surface area (Å²) in [5.74, 6) is -4.25. The van der Waals surface area contributed by atoms with Gasteiger partial charge in [0.15, 0.2) is 41.3 Å². The SMILES string of the molecule is C#COc1nc(N)nc2c1ncn2[C@@H]1O[C@@H]2COP(=O)(O)O[C@H]3[C@H](n4cnc5c(N)ncnc54)O[C@H](COP(=O)(O)O[C@H]2[C@H]1F)[C@@]31CC1(F)F. The van der Waals surface area contributed by atoms with Gasteiger partial charge in [-0.25, -0.2) is 42.2 Å². The van der Waals surface area contributed by atoms with Crippen LogP contribution in [0.25, 0.3) is 22.3 Å². The van der Waals surface area contributed by atoms with E-state index in [-0.39, 0.29) is 40.0 Å². The zero-order valence-corrected chi connectivity index (χ0v) is 26.6. The van der Waals surface area contributed by atoms with Gasteiger partial charge in [0.05, 0.1) is 37.4 Å². The number of nitrogens with zero attached hydrogens (tertiary/aromatic N) is 8. The van der Waals surface area contributed by atoms with E-state index in [0.717, 1.165) is 28.1 Å². The summed E-state index contributed by atoms with van der Waals surface area (Å²) in [7, 11) is -10.7. The van der Waals surface area contributed by atoms with Crippen molar-refractivity contribution >= 4 is 49.7 Å². The quantitative estimate of drug-likeness (QED) is 0.168. The summed E-state index contributed by atoms with van der Waals surface area (Å²) < 4.78 is 113. The molecule has 2 unspecified atom stereocenters. The average Bonchev–Trinajstić information content (AvgIpc) is 3.54. The van der Waals surface area contributed by atoms with Gasteiger partial charge >= 0.3 is 15.6 Å². The lowest BCUT2D eigenvalue weighted by Gasteiger charge is -2.27. The molecular weight excluding hydrogens is 723 g/mol. The number of halogens is 3. The fraction of sp³-hybridized carbons (Fsp3) is 0.500. The van der Waals surface area contributed by atoms with Crippen molar-refractivity contribution in [1.29, 1.82) is 0 Å². The molecule has 7 heterocycles. The van der Waals surface area contributed by atoms with Crippen LogP contribution in [0.1, 0.15) is 18.9 Å². The monoisotopic (exact) mass is 746 g/mol. The number of hydrogen-bond acceptors (Lipinski definition) is 17. The number of phosphoric acid groups is 2. The zero-order valence-electron chi connectivity index (χ0n) is 24.8. The van der Waals surface area contributed by atoms with E-state index in [1.807, 2.05) is 6.11 Å². The van der Waals surface area contributed by atoms with E-state index in [1.54, 1.807) is 0 Å². The largest absolute Gasteiger partial charge is 0.472 e. The van der Waals surface area contributed by atoms with Crippen molar-refractivity contribution in [3.8, 4) is 18.4 Å². The average molecular weight is 746 g/mol. The van der Waals surface area contributed by atoms with Crippen molar-refractivity contribution in [1.82, 2.24) is 39.0 Å². The number of alkyl halides is 3. The van der Waals surface area contributed by atoms with Gasteiger partial charge in [-0.3, -0.25) is 27.2 Å². The highest BCUT2D eigenvalue weighted by Gasteiger charge is 2.84. The molecule has 4 fully saturated rings. The highest BCUT2D eigenvalue weighted by Crippen LogP contribution is 2.73. The Morgan fingerprint density at radius 1 is 0.960 bits per heavy atom. The number of nitrogens with two attached hydrogens (primary N) is 2. The van der Waals surface area contributed by atoms with Crippen LogP contribution in [-0.2, 0) is 36.7 Å². The lowest BCUT2D eigenvalue weighted by atomic mass is 9.94. The molecule has 1 spiro atoms. The Morgan fingerprint density at radius 3 is 2.36 bits per heavy atom. The summed E-state index contributed by atoms with van der Waals surface area (Å²) in [5.41, 5.74) is 9.05. The molecule has 266 valence electrons. The summed E-state index contributed by atoms with van der Waals surface area (Å²) >= 11 is 0. The number of fused-ring (bicyclic) bond motifs is 3. The molecule has 8 rings (SSSR count). The number of aromatic nitrogens is 8. The number of ether oxygens (including phenoxy) is 3. The minimum absolute atomic E-state index is 0.0120. The van der Waals surface area contributed by atoms with E-state index >= 15 is 13.2 Å². The van der Waals surface area contributed by atoms with Crippen LogP contribution in [0.5, 0.6) is 5.88 Å². The van der Waals surface area contributed by atoms with Gasteiger partial charge in [0.1, 0.15) is 36.3 Å². The van der Waals surface area contributed by atoms with Gasteiger partial charge < -0.3 is 35.5 Å². The van der Waals surface area contributed by atoms with E-state index in [4.69, 9.17) is 50.2 Å². The summed E-state index contributed by atoms with van der Waals surface area (Å²) in [6.45, 7) is -2.08. The molecule has 4 aromatic rings. The highest BCUT2D eigenvalue weighted by molar-refractivity contribution is 7.47. The van der Waals surface area contributed by atoms with Crippen LogP contribution in [0.4, 0.5) is 24.9 Å². The highest BCUT2D eigenvalue weighted by atomic mass is 31.2. The van der Waals surface area contributed by atoms with Gasteiger partial charge in [-0.2, -0.15) is 9.97 Å². The predicted molar refractivity (Wildman–Crippen MR) is 155 cm³/mol. The molecule has 0 radical (unpaired) electrons. The Hall–Kier alpha value is -4.01. The van der Waals surface area contributed by atoms with E-state index in [9.17, 15) is 18.9 Å². The number of anilines is 2. The number of imidazole rings is 2. The number of nitrogen functional groups attached to an aromatic ring is 2. The minimum Gasteiger partial charge on any atom is -0.385 e. The summed E-state index contributed by atoms with van der Waals surface area (Å²) in [5, 5.41) is 0. The molecular formula is C24H23F3N10O11P2. The van der Waals surface area contributed by atoms with Crippen LogP contribution >= 0.6 is 15.6 Å². The molecule has 3 saturated heterocycles. The van der Waals surface area contributed by atoms with Crippen LogP contribution < -0.4 is 16.2 Å². The van der Waals surface area contributed by atoms with Gasteiger partial charge in [0.25, 0.3) is 11.8 Å². The molecule has 1 aliphatic carbocycles. The number of rotatable bonds is 3. The summed E-state index contributed by atoms with van der Waals surface area (Å²) in [6, 6.07) is 0. The molecule has 6 N–H and O–H groups in total. The molecule has 50 heavy (non-hydrogen) atoms. The third-order valence-electron chi connectivity index (χ3n) is 8.77. The van der Waals surface area contributed by atoms with Crippen molar-refractivity contribution in [2.45, 2.75) is 55.4 Å². The third kappa shape index (κ3) is 5.12. The lowest BCUT2D eigenvalue weighted by molar-refractivity contribution is -0.0672.